The molecule has 2 aromatic carbocycles. The van der Waals surface area contributed by atoms with Crippen LogP contribution < -0.4 is 15.1 Å². The first kappa shape index (κ1) is 67.1. The maximum atomic E-state index is 14.1. The van der Waals surface area contributed by atoms with Crippen molar-refractivity contribution in [2.24, 2.45) is 0 Å². The van der Waals surface area contributed by atoms with Crippen LogP contribution in [0.4, 0.5) is 11.6 Å². The van der Waals surface area contributed by atoms with E-state index < -0.39 is 36.0 Å². The molecule has 22 nitrogen and oxygen atoms in total. The van der Waals surface area contributed by atoms with Gasteiger partial charge in [-0.2, -0.15) is 0 Å². The number of amides is 3. The number of halogens is 2. The standard InChI is InChI=1S/C31H43ClN6O5.C27H39ClN6O2.C4H4O3/c1-20(2)38(12-11-35(4)26(40)9-10-27(41)42)18-24(22-5-7-23(32)8-6-22)31(43)37-15-13-36(14-16-37)30-28-21(3)17-25(39)29(28)33-19-34-30;1-18(2)34(10-9-29-4)16-22(20-5-7-21(28)8-6-20)27(36)33-13-11-32(12-14-33)26-24-19(3)15-23(35)25(24)30-17-31-26;5-3-1-2-4(6)7-3/h5-8,19-21,24-25,39H,9-18H2,1-4H3,(H,41,42);5-8,17-19,22-23,29,35H,9-16H2,1-4H3;1-2H2/t21-,24-,25-;19-,22-,23-;/m11./s1. The fourth-order valence-electron chi connectivity index (χ4n) is 11.8. The minimum absolute atomic E-state index is 0.0372. The second-order valence-electron chi connectivity index (χ2n) is 23.5. The molecule has 468 valence electrons. The number of carbonyl (C=O) groups is 6. The van der Waals surface area contributed by atoms with E-state index in [0.29, 0.717) is 113 Å². The van der Waals surface area contributed by atoms with Crippen LogP contribution in [0.3, 0.4) is 0 Å². The van der Waals surface area contributed by atoms with Crippen LogP contribution in [0.25, 0.3) is 0 Å². The van der Waals surface area contributed by atoms with Crippen molar-refractivity contribution < 1.29 is 48.8 Å². The van der Waals surface area contributed by atoms with Crippen LogP contribution in [0.15, 0.2) is 61.2 Å². The number of hydrogen-bond donors (Lipinski definition) is 4. The van der Waals surface area contributed by atoms with Crippen LogP contribution in [0.2, 0.25) is 10.0 Å². The number of hydrogen-bond acceptors (Lipinski definition) is 18. The molecule has 24 heteroatoms. The minimum atomic E-state index is -0.995. The van der Waals surface area contributed by atoms with Gasteiger partial charge in [-0.1, -0.05) is 61.3 Å². The van der Waals surface area contributed by atoms with Crippen molar-refractivity contribution in [3.05, 3.63) is 105 Å². The molecule has 0 unspecified atom stereocenters. The molecule has 5 heterocycles. The van der Waals surface area contributed by atoms with Crippen molar-refractivity contribution in [3.8, 4) is 0 Å². The van der Waals surface area contributed by atoms with Crippen molar-refractivity contribution in [1.29, 1.82) is 0 Å². The first-order chi connectivity index (χ1) is 41.0. The Labute approximate surface area is 515 Å². The maximum absolute atomic E-state index is 14.1. The van der Waals surface area contributed by atoms with E-state index in [-0.39, 0.29) is 67.2 Å². The summed E-state index contributed by atoms with van der Waals surface area (Å²) in [6.45, 7) is 21.5. The summed E-state index contributed by atoms with van der Waals surface area (Å²) in [5, 5.41) is 34.2. The summed E-state index contributed by atoms with van der Waals surface area (Å²) in [5.74, 6) is -0.355. The molecule has 2 aliphatic carbocycles. The Morgan fingerprint density at radius 2 is 1.03 bits per heavy atom. The number of cyclic esters (lactones) is 2. The molecule has 5 aliphatic rings. The first-order valence-electron chi connectivity index (χ1n) is 30.0. The van der Waals surface area contributed by atoms with Crippen molar-refractivity contribution in [3.63, 3.8) is 0 Å². The van der Waals surface area contributed by atoms with Gasteiger partial charge in [-0.3, -0.25) is 38.6 Å². The number of aliphatic hydroxyl groups is 2. The van der Waals surface area contributed by atoms with Gasteiger partial charge in [0.05, 0.1) is 54.7 Å². The second-order valence-corrected chi connectivity index (χ2v) is 24.3. The normalized spacial score (nSPS) is 19.9. The summed E-state index contributed by atoms with van der Waals surface area (Å²) in [6, 6.07) is 15.5. The van der Waals surface area contributed by atoms with Gasteiger partial charge in [-0.25, -0.2) is 19.9 Å². The number of nitrogens with zero attached hydrogens (tertiary/aromatic N) is 11. The Morgan fingerprint density at radius 3 is 1.40 bits per heavy atom. The maximum Gasteiger partial charge on any atom is 0.314 e. The molecule has 0 radical (unpaired) electrons. The number of rotatable bonds is 21. The van der Waals surface area contributed by atoms with E-state index in [4.69, 9.17) is 28.3 Å². The number of aliphatic hydroxyl groups excluding tert-OH is 2. The molecule has 86 heavy (non-hydrogen) atoms. The molecule has 4 N–H and O–H groups in total. The van der Waals surface area contributed by atoms with Crippen LogP contribution in [0, 0.1) is 0 Å². The summed E-state index contributed by atoms with van der Waals surface area (Å²) < 4.78 is 4.08. The topological polar surface area (TPSA) is 259 Å². The van der Waals surface area contributed by atoms with Crippen LogP contribution in [-0.2, 0) is 33.5 Å². The van der Waals surface area contributed by atoms with E-state index in [1.165, 1.54) is 6.33 Å². The number of fused-ring (bicyclic) bond motifs is 2. The number of esters is 2. The van der Waals surface area contributed by atoms with E-state index in [0.717, 1.165) is 52.7 Å². The summed E-state index contributed by atoms with van der Waals surface area (Å²) in [5.41, 5.74) is 5.41. The number of carboxylic acids is 1. The van der Waals surface area contributed by atoms with E-state index >= 15 is 0 Å². The molecule has 3 saturated heterocycles. The van der Waals surface area contributed by atoms with Gasteiger partial charge >= 0.3 is 17.9 Å². The van der Waals surface area contributed by atoms with Gasteiger partial charge in [-0.05, 0) is 94.8 Å². The van der Waals surface area contributed by atoms with Gasteiger partial charge in [-0.15, -0.1) is 0 Å². The number of aromatic nitrogens is 4. The summed E-state index contributed by atoms with van der Waals surface area (Å²) >= 11 is 12.3. The highest BCUT2D eigenvalue weighted by Gasteiger charge is 2.38. The number of nitrogens with one attached hydrogen (secondary N) is 1. The second kappa shape index (κ2) is 31.5. The van der Waals surface area contributed by atoms with Crippen LogP contribution in [-0.4, -0.2) is 213 Å². The Bertz CT molecular complexity index is 2930. The van der Waals surface area contributed by atoms with Gasteiger partial charge in [0.2, 0.25) is 17.7 Å². The third-order valence-corrected chi connectivity index (χ3v) is 17.4. The van der Waals surface area contributed by atoms with Crippen molar-refractivity contribution in [2.45, 2.75) is 128 Å². The molecule has 3 aliphatic heterocycles. The third-order valence-electron chi connectivity index (χ3n) is 16.9. The summed E-state index contributed by atoms with van der Waals surface area (Å²) in [4.78, 5) is 104. The van der Waals surface area contributed by atoms with E-state index in [1.807, 2.05) is 53.2 Å². The zero-order valence-corrected chi connectivity index (χ0v) is 52.4. The Hall–Kier alpha value is -6.40. The number of aliphatic carboxylic acids is 1. The fourth-order valence-corrected chi connectivity index (χ4v) is 12.0. The van der Waals surface area contributed by atoms with Gasteiger partial charge in [0.25, 0.3) is 0 Å². The number of carbonyl (C=O) groups excluding carboxylic acids is 5. The van der Waals surface area contributed by atoms with Crippen LogP contribution in [0.5, 0.6) is 0 Å². The highest BCUT2D eigenvalue weighted by atomic mass is 35.5. The number of ether oxygens (including phenoxy) is 1. The molecule has 3 amide bonds. The summed E-state index contributed by atoms with van der Waals surface area (Å²) in [6.07, 6.45) is 3.59. The van der Waals surface area contributed by atoms with Crippen molar-refractivity contribution in [2.75, 3.05) is 116 Å². The lowest BCUT2D eigenvalue weighted by Crippen LogP contribution is -2.52. The van der Waals surface area contributed by atoms with E-state index in [2.05, 4.69) is 91.1 Å². The van der Waals surface area contributed by atoms with Gasteiger partial charge in [0.1, 0.15) is 24.3 Å². The number of benzene rings is 2. The average molecular weight is 1230 g/mol. The quantitative estimate of drug-likeness (QED) is 0.0549. The predicted molar refractivity (Wildman–Crippen MR) is 328 cm³/mol. The molecule has 6 atom stereocenters. The van der Waals surface area contributed by atoms with Gasteiger partial charge in [0.15, 0.2) is 0 Å². The number of likely N-dealkylation sites (N-methyl/N-ethyl adjacent to an activating group) is 2. The molecule has 0 spiro atoms. The molecule has 0 saturated carbocycles. The van der Waals surface area contributed by atoms with Crippen molar-refractivity contribution in [1.82, 2.24) is 49.8 Å². The monoisotopic (exact) mass is 1230 g/mol. The molecular formula is C62H86Cl2N12O10. The molecule has 3 fully saturated rings. The number of carboxylic acid groups (broad SMARTS) is 1. The highest BCUT2D eigenvalue weighted by molar-refractivity contribution is 6.30. The third kappa shape index (κ3) is 17.7. The van der Waals surface area contributed by atoms with Gasteiger partial charge < -0.3 is 49.9 Å². The van der Waals surface area contributed by atoms with Crippen LogP contribution in [0.1, 0.15) is 150 Å². The fraction of sp³-hybridized carbons (Fsp3) is 0.581. The summed E-state index contributed by atoms with van der Waals surface area (Å²) in [7, 11) is 3.63. The zero-order valence-electron chi connectivity index (χ0n) is 50.9. The minimum Gasteiger partial charge on any atom is -0.481 e. The lowest BCUT2D eigenvalue weighted by Gasteiger charge is -2.39. The number of anilines is 2. The largest absolute Gasteiger partial charge is 0.481 e. The van der Waals surface area contributed by atoms with E-state index in [9.17, 15) is 39.0 Å². The SMILES string of the molecule is CC(C)N(CCN(C)C(=O)CCC(=O)O)C[C@@H](C(=O)N1CCN(c2ncnc3c2[C@H](C)C[C@H]3O)CC1)c1ccc(Cl)cc1.CNCCN(C[C@@H](C(=O)N1CCN(c2ncnc3c2[C@H](C)C[C@H]3O)CC1)c1ccc(Cl)cc1)C(C)C.O=C1CCC(=O)O1. The molecular weight excluding hydrogens is 1140 g/mol. The van der Waals surface area contributed by atoms with Gasteiger partial charge in [0, 0.05) is 138 Å². The number of piperazine rings is 2. The van der Waals surface area contributed by atoms with Crippen LogP contribution >= 0.6 is 23.2 Å². The lowest BCUT2D eigenvalue weighted by molar-refractivity contribution is -0.152. The molecule has 4 aromatic rings. The smallest absolute Gasteiger partial charge is 0.314 e. The molecule has 9 rings (SSSR count). The molecule has 0 bridgehead atoms. The predicted octanol–water partition coefficient (Wildman–Crippen LogP) is 6.02. The average Bonchev–Trinajstić information content (AvgIpc) is 1.77. The lowest BCUT2D eigenvalue weighted by atomic mass is 9.95. The highest BCUT2D eigenvalue weighted by Crippen LogP contribution is 2.44. The Kier molecular flexibility index (Phi) is 24.6. The first-order valence-corrected chi connectivity index (χ1v) is 30.8. The molecule has 2 aromatic heterocycles. The van der Waals surface area contributed by atoms with E-state index in [1.54, 1.807) is 30.4 Å². The van der Waals surface area contributed by atoms with Crippen molar-refractivity contribution >= 4 is 70.5 Å². The Balaban J connectivity index is 0.000000223. The Morgan fingerprint density at radius 1 is 0.628 bits per heavy atom. The zero-order chi connectivity index (χ0) is 62.4.